The van der Waals surface area contributed by atoms with Crippen molar-refractivity contribution in [2.24, 2.45) is 5.92 Å². The highest BCUT2D eigenvalue weighted by Gasteiger charge is 2.12. The van der Waals surface area contributed by atoms with Crippen LogP contribution < -0.4 is 4.74 Å². The van der Waals surface area contributed by atoms with Gasteiger partial charge in [0.1, 0.15) is 12.4 Å². The van der Waals surface area contributed by atoms with Crippen molar-refractivity contribution in [1.29, 1.82) is 0 Å². The van der Waals surface area contributed by atoms with E-state index in [0.29, 0.717) is 13.0 Å². The van der Waals surface area contributed by atoms with Crippen LogP contribution >= 0.6 is 15.9 Å². The smallest absolute Gasteiger partial charge is 0.306 e. The molecule has 110 valence electrons. The highest BCUT2D eigenvalue weighted by atomic mass is 79.9. The first kappa shape index (κ1) is 15.6. The summed E-state index contributed by atoms with van der Waals surface area (Å²) in [5, 5.41) is 8.94. The lowest BCUT2D eigenvalue weighted by molar-refractivity contribution is -0.141. The van der Waals surface area contributed by atoms with Gasteiger partial charge in [-0.1, -0.05) is 43.3 Å². The summed E-state index contributed by atoms with van der Waals surface area (Å²) in [7, 11) is 0. The summed E-state index contributed by atoms with van der Waals surface area (Å²) in [6.45, 7) is 2.21. The molecule has 1 unspecified atom stereocenters. The summed E-state index contributed by atoms with van der Waals surface area (Å²) in [6, 6.07) is 15.6. The van der Waals surface area contributed by atoms with Gasteiger partial charge in [-0.2, -0.15) is 0 Å². The summed E-state index contributed by atoms with van der Waals surface area (Å²) >= 11 is 3.48. The van der Waals surface area contributed by atoms with Crippen LogP contribution in [0.25, 0.3) is 0 Å². The molecule has 21 heavy (non-hydrogen) atoms. The molecule has 0 aromatic heterocycles. The third-order valence-electron chi connectivity index (χ3n) is 3.20. The average Bonchev–Trinajstić information content (AvgIpc) is 2.47. The monoisotopic (exact) mass is 348 g/mol. The Bertz CT molecular complexity index is 611. The maximum Gasteiger partial charge on any atom is 0.306 e. The molecule has 0 spiro atoms. The number of benzene rings is 2. The van der Waals surface area contributed by atoms with Crippen molar-refractivity contribution in [2.75, 3.05) is 0 Å². The van der Waals surface area contributed by atoms with Crippen LogP contribution in [-0.4, -0.2) is 11.1 Å². The Morgan fingerprint density at radius 2 is 1.90 bits per heavy atom. The van der Waals surface area contributed by atoms with Crippen LogP contribution in [0.5, 0.6) is 5.75 Å². The Kier molecular flexibility index (Phi) is 5.39. The number of carboxylic acids is 1. The predicted octanol–water partition coefficient (Wildman–Crippen LogP) is 4.29. The third-order valence-corrected chi connectivity index (χ3v) is 3.82. The fourth-order valence-corrected chi connectivity index (χ4v) is 2.51. The van der Waals surface area contributed by atoms with E-state index < -0.39 is 11.9 Å². The minimum atomic E-state index is -0.782. The lowest BCUT2D eigenvalue weighted by Gasteiger charge is -2.11. The van der Waals surface area contributed by atoms with Crippen molar-refractivity contribution in [2.45, 2.75) is 20.0 Å². The standard InChI is InChI=1S/C17H17BrO3/c1-12(17(19)20)9-14-7-8-16(15(18)10-14)21-11-13-5-3-2-4-6-13/h2-8,10,12H,9,11H2,1H3,(H,19,20). The molecule has 3 nitrogen and oxygen atoms in total. The van der Waals surface area contributed by atoms with Crippen LogP contribution in [0.3, 0.4) is 0 Å². The number of hydrogen-bond donors (Lipinski definition) is 1. The van der Waals surface area contributed by atoms with Crippen molar-refractivity contribution >= 4 is 21.9 Å². The van der Waals surface area contributed by atoms with Gasteiger partial charge in [-0.3, -0.25) is 4.79 Å². The Balaban J connectivity index is 2.00. The fraction of sp³-hybridized carbons (Fsp3) is 0.235. The number of rotatable bonds is 6. The Labute approximate surface area is 132 Å². The van der Waals surface area contributed by atoms with Crippen molar-refractivity contribution in [3.63, 3.8) is 0 Å². The van der Waals surface area contributed by atoms with Gasteiger partial charge in [0.05, 0.1) is 10.4 Å². The highest BCUT2D eigenvalue weighted by molar-refractivity contribution is 9.10. The van der Waals surface area contributed by atoms with E-state index in [4.69, 9.17) is 9.84 Å². The van der Waals surface area contributed by atoms with Crippen LogP contribution in [0.1, 0.15) is 18.1 Å². The average molecular weight is 349 g/mol. The largest absolute Gasteiger partial charge is 0.488 e. The Hall–Kier alpha value is -1.81. The number of carbonyl (C=O) groups is 1. The molecule has 4 heteroatoms. The zero-order valence-corrected chi connectivity index (χ0v) is 13.3. The van der Waals surface area contributed by atoms with Gasteiger partial charge < -0.3 is 9.84 Å². The third kappa shape index (κ3) is 4.60. The van der Waals surface area contributed by atoms with E-state index in [-0.39, 0.29) is 0 Å². The first-order chi connectivity index (χ1) is 10.1. The topological polar surface area (TPSA) is 46.5 Å². The van der Waals surface area contributed by atoms with Gasteiger partial charge >= 0.3 is 5.97 Å². The van der Waals surface area contributed by atoms with Gasteiger partial charge in [0, 0.05) is 0 Å². The molecule has 0 aliphatic carbocycles. The first-order valence-corrected chi connectivity index (χ1v) is 7.53. The summed E-state index contributed by atoms with van der Waals surface area (Å²) < 4.78 is 6.61. The lowest BCUT2D eigenvalue weighted by atomic mass is 10.0. The number of ether oxygens (including phenoxy) is 1. The zero-order chi connectivity index (χ0) is 15.2. The summed E-state index contributed by atoms with van der Waals surface area (Å²) in [6.07, 6.45) is 0.507. The molecule has 0 fully saturated rings. The molecule has 0 saturated carbocycles. The number of carboxylic acid groups (broad SMARTS) is 1. The Morgan fingerprint density at radius 3 is 2.52 bits per heavy atom. The van der Waals surface area contributed by atoms with Crippen LogP contribution in [0.15, 0.2) is 53.0 Å². The molecule has 0 heterocycles. The Morgan fingerprint density at radius 1 is 1.19 bits per heavy atom. The summed E-state index contributed by atoms with van der Waals surface area (Å²) in [4.78, 5) is 10.9. The molecule has 0 aliphatic rings. The van der Waals surface area contributed by atoms with E-state index in [9.17, 15) is 4.79 Å². The molecule has 2 aromatic carbocycles. The molecular weight excluding hydrogens is 332 g/mol. The number of halogens is 1. The van der Waals surface area contributed by atoms with Gasteiger partial charge in [-0.05, 0) is 45.6 Å². The van der Waals surface area contributed by atoms with Gasteiger partial charge in [0.2, 0.25) is 0 Å². The SMILES string of the molecule is CC(Cc1ccc(OCc2ccccc2)c(Br)c1)C(=O)O. The zero-order valence-electron chi connectivity index (χ0n) is 11.8. The number of aliphatic carboxylic acids is 1. The number of hydrogen-bond acceptors (Lipinski definition) is 2. The quantitative estimate of drug-likeness (QED) is 0.846. The summed E-state index contributed by atoms with van der Waals surface area (Å²) in [5.41, 5.74) is 2.08. The molecule has 2 rings (SSSR count). The van der Waals surface area contributed by atoms with Crippen LogP contribution in [0, 0.1) is 5.92 Å². The van der Waals surface area contributed by atoms with E-state index in [1.54, 1.807) is 6.92 Å². The van der Waals surface area contributed by atoms with Crippen LogP contribution in [0.4, 0.5) is 0 Å². The normalized spacial score (nSPS) is 11.9. The molecule has 0 bridgehead atoms. The molecule has 2 aromatic rings. The van der Waals surface area contributed by atoms with Gasteiger partial charge in [0.15, 0.2) is 0 Å². The minimum Gasteiger partial charge on any atom is -0.488 e. The van der Waals surface area contributed by atoms with Crippen LogP contribution in [0.2, 0.25) is 0 Å². The second kappa shape index (κ2) is 7.27. The van der Waals surface area contributed by atoms with Gasteiger partial charge in [-0.25, -0.2) is 0 Å². The fourth-order valence-electron chi connectivity index (χ4n) is 1.96. The second-order valence-electron chi connectivity index (χ2n) is 4.98. The van der Waals surface area contributed by atoms with Crippen LogP contribution in [-0.2, 0) is 17.8 Å². The van der Waals surface area contributed by atoms with E-state index in [0.717, 1.165) is 21.3 Å². The maximum absolute atomic E-state index is 10.9. The lowest BCUT2D eigenvalue weighted by Crippen LogP contribution is -2.12. The predicted molar refractivity (Wildman–Crippen MR) is 85.4 cm³/mol. The van der Waals surface area contributed by atoms with Crippen molar-refractivity contribution < 1.29 is 14.6 Å². The minimum absolute atomic E-state index is 0.395. The molecule has 0 radical (unpaired) electrons. The van der Waals surface area contributed by atoms with Crippen molar-refractivity contribution in [1.82, 2.24) is 0 Å². The van der Waals surface area contributed by atoms with E-state index in [1.165, 1.54) is 0 Å². The van der Waals surface area contributed by atoms with E-state index in [1.807, 2.05) is 48.5 Å². The summed E-state index contributed by atoms with van der Waals surface area (Å²) in [5.74, 6) is -0.422. The highest BCUT2D eigenvalue weighted by Crippen LogP contribution is 2.27. The first-order valence-electron chi connectivity index (χ1n) is 6.74. The van der Waals surface area contributed by atoms with Crippen molar-refractivity contribution in [3.8, 4) is 5.75 Å². The maximum atomic E-state index is 10.9. The molecular formula is C17H17BrO3. The molecule has 1 atom stereocenters. The van der Waals surface area contributed by atoms with E-state index >= 15 is 0 Å². The molecule has 0 saturated heterocycles. The van der Waals surface area contributed by atoms with E-state index in [2.05, 4.69) is 15.9 Å². The molecule has 0 aliphatic heterocycles. The second-order valence-corrected chi connectivity index (χ2v) is 5.84. The van der Waals surface area contributed by atoms with Gasteiger partial charge in [-0.15, -0.1) is 0 Å². The molecule has 0 amide bonds. The van der Waals surface area contributed by atoms with Crippen molar-refractivity contribution in [3.05, 3.63) is 64.1 Å². The molecule has 1 N–H and O–H groups in total. The van der Waals surface area contributed by atoms with Gasteiger partial charge in [0.25, 0.3) is 0 Å².